The number of nitrogens with one attached hydrogen (secondary N) is 3. The molecule has 0 unspecified atom stereocenters. The molecule has 0 spiro atoms. The zero-order chi connectivity index (χ0) is 29.5. The molecule has 10 heteroatoms. The molecule has 216 valence electrons. The van der Waals surface area contributed by atoms with Gasteiger partial charge in [-0.1, -0.05) is 75.0 Å². The van der Waals surface area contributed by atoms with Crippen molar-refractivity contribution in [2.75, 3.05) is 19.0 Å². The van der Waals surface area contributed by atoms with Crippen LogP contribution in [0.4, 0.5) is 5.69 Å². The molecule has 8 nitrogen and oxygen atoms in total. The second-order valence-electron chi connectivity index (χ2n) is 11.2. The summed E-state index contributed by atoms with van der Waals surface area (Å²) in [4.78, 5) is 51.1. The van der Waals surface area contributed by atoms with Crippen LogP contribution in [-0.2, 0) is 25.5 Å². The zero-order valence-electron chi connectivity index (χ0n) is 23.4. The zero-order valence-corrected chi connectivity index (χ0v) is 24.9. The number of esters is 1. The highest BCUT2D eigenvalue weighted by Crippen LogP contribution is 2.41. The molecule has 3 N–H and O–H groups in total. The Hall–Kier alpha value is -3.10. The first-order chi connectivity index (χ1) is 18.9. The molecule has 0 saturated heterocycles. The van der Waals surface area contributed by atoms with Gasteiger partial charge in [0, 0.05) is 24.1 Å². The summed E-state index contributed by atoms with van der Waals surface area (Å²) < 4.78 is 4.99. The van der Waals surface area contributed by atoms with E-state index in [4.69, 9.17) is 27.9 Å². The van der Waals surface area contributed by atoms with Gasteiger partial charge in [0.15, 0.2) is 0 Å². The predicted octanol–water partition coefficient (Wildman–Crippen LogP) is 5.56. The van der Waals surface area contributed by atoms with Crippen LogP contribution in [0.2, 0.25) is 10.0 Å². The van der Waals surface area contributed by atoms with Crippen molar-refractivity contribution < 1.29 is 23.9 Å². The van der Waals surface area contributed by atoms with E-state index in [-0.39, 0.29) is 33.8 Å². The Morgan fingerprint density at radius 3 is 2.12 bits per heavy atom. The van der Waals surface area contributed by atoms with Crippen LogP contribution in [0.15, 0.2) is 42.5 Å². The molecular weight excluding hydrogens is 553 g/mol. The lowest BCUT2D eigenvalue weighted by atomic mass is 9.81. The lowest BCUT2D eigenvalue weighted by molar-refractivity contribution is -0.146. The number of anilines is 1. The highest BCUT2D eigenvalue weighted by molar-refractivity contribution is 6.40. The van der Waals surface area contributed by atoms with E-state index in [1.165, 1.54) is 7.11 Å². The normalized spacial score (nSPS) is 15.2. The monoisotopic (exact) mass is 589 g/mol. The summed E-state index contributed by atoms with van der Waals surface area (Å²) in [6.07, 6.45) is 3.92. The minimum Gasteiger partial charge on any atom is -0.467 e. The largest absolute Gasteiger partial charge is 0.467 e. The number of rotatable bonds is 10. The lowest BCUT2D eigenvalue weighted by Crippen LogP contribution is -2.50. The molecular formula is C30H37Cl2N3O5. The van der Waals surface area contributed by atoms with E-state index in [0.717, 1.165) is 18.4 Å². The summed E-state index contributed by atoms with van der Waals surface area (Å²) in [5.41, 5.74) is 0.308. The fourth-order valence-electron chi connectivity index (χ4n) is 4.84. The number of hydrogen-bond acceptors (Lipinski definition) is 5. The highest BCUT2D eigenvalue weighted by atomic mass is 35.5. The van der Waals surface area contributed by atoms with E-state index >= 15 is 0 Å². The molecule has 1 aliphatic carbocycles. The smallest absolute Gasteiger partial charge is 0.328 e. The van der Waals surface area contributed by atoms with Gasteiger partial charge in [0.1, 0.15) is 6.04 Å². The maximum absolute atomic E-state index is 13.5. The second kappa shape index (κ2) is 13.5. The van der Waals surface area contributed by atoms with Crippen molar-refractivity contribution in [1.29, 1.82) is 0 Å². The standard InChI is InChI=1S/C30H37Cl2N3O5/c1-29(2,3)27(38)33-17-16-30(14-5-6-15-30)28(39)35-23(26(37)40-4)18-19-10-12-20(13-11-19)34-25(36)24-21(31)8-7-9-22(24)32/h7-13,23H,5-6,14-18H2,1-4H3,(H,33,38)(H,34,36)(H,35,39)/t23-/m0/s1. The van der Waals surface area contributed by atoms with Crippen LogP contribution in [0.3, 0.4) is 0 Å². The van der Waals surface area contributed by atoms with Gasteiger partial charge >= 0.3 is 5.97 Å². The van der Waals surface area contributed by atoms with Crippen LogP contribution in [0, 0.1) is 10.8 Å². The summed E-state index contributed by atoms with van der Waals surface area (Å²) in [7, 11) is 1.29. The van der Waals surface area contributed by atoms with Crippen molar-refractivity contribution in [2.24, 2.45) is 10.8 Å². The Morgan fingerprint density at radius 1 is 0.975 bits per heavy atom. The molecule has 3 amide bonds. The third kappa shape index (κ3) is 7.98. The van der Waals surface area contributed by atoms with Crippen molar-refractivity contribution in [1.82, 2.24) is 10.6 Å². The van der Waals surface area contributed by atoms with Gasteiger partial charge in [-0.2, -0.15) is 0 Å². The molecule has 0 aromatic heterocycles. The van der Waals surface area contributed by atoms with E-state index in [1.807, 2.05) is 20.8 Å². The molecule has 0 radical (unpaired) electrons. The quantitative estimate of drug-likeness (QED) is 0.314. The Kier molecular flexibility index (Phi) is 10.6. The van der Waals surface area contributed by atoms with Crippen LogP contribution >= 0.6 is 23.2 Å². The molecule has 1 fully saturated rings. The molecule has 2 aromatic rings. The minimum atomic E-state index is -0.887. The van der Waals surface area contributed by atoms with Crippen LogP contribution in [0.25, 0.3) is 0 Å². The topological polar surface area (TPSA) is 114 Å². The second-order valence-corrected chi connectivity index (χ2v) is 12.1. The summed E-state index contributed by atoms with van der Waals surface area (Å²) in [6, 6.07) is 10.9. The molecule has 0 aliphatic heterocycles. The van der Waals surface area contributed by atoms with Crippen molar-refractivity contribution in [3.05, 3.63) is 63.6 Å². The molecule has 1 atom stereocenters. The van der Waals surface area contributed by atoms with Gasteiger partial charge in [-0.25, -0.2) is 4.79 Å². The fourth-order valence-corrected chi connectivity index (χ4v) is 5.41. The predicted molar refractivity (Wildman–Crippen MR) is 156 cm³/mol. The van der Waals surface area contributed by atoms with E-state index in [9.17, 15) is 19.2 Å². The van der Waals surface area contributed by atoms with E-state index in [1.54, 1.807) is 42.5 Å². The van der Waals surface area contributed by atoms with Crippen LogP contribution in [-0.4, -0.2) is 43.4 Å². The third-order valence-electron chi connectivity index (χ3n) is 7.25. The molecule has 1 saturated carbocycles. The van der Waals surface area contributed by atoms with Crippen molar-refractivity contribution in [3.8, 4) is 0 Å². The van der Waals surface area contributed by atoms with Gasteiger partial charge in [0.25, 0.3) is 5.91 Å². The Bertz CT molecular complexity index is 1210. The van der Waals surface area contributed by atoms with Crippen LogP contribution < -0.4 is 16.0 Å². The SMILES string of the molecule is COC(=O)[C@H](Cc1ccc(NC(=O)c2c(Cl)cccc2Cl)cc1)NC(=O)C1(CCNC(=O)C(C)(C)C)CCCC1. The molecule has 2 aromatic carbocycles. The number of methoxy groups -OCH3 is 1. The molecule has 3 rings (SSSR count). The molecule has 40 heavy (non-hydrogen) atoms. The fraction of sp³-hybridized carbons (Fsp3) is 0.467. The van der Waals surface area contributed by atoms with E-state index in [0.29, 0.717) is 31.5 Å². The summed E-state index contributed by atoms with van der Waals surface area (Å²) in [5, 5.41) is 9.12. The number of carbonyl (C=O) groups excluding carboxylic acids is 4. The van der Waals surface area contributed by atoms with Gasteiger partial charge in [0.2, 0.25) is 11.8 Å². The maximum atomic E-state index is 13.5. The number of hydrogen-bond donors (Lipinski definition) is 3. The van der Waals surface area contributed by atoms with Gasteiger partial charge in [-0.3, -0.25) is 14.4 Å². The summed E-state index contributed by atoms with van der Waals surface area (Å²) >= 11 is 12.3. The summed E-state index contributed by atoms with van der Waals surface area (Å²) in [6.45, 7) is 5.92. The number of halogens is 2. The van der Waals surface area contributed by atoms with Crippen LogP contribution in [0.5, 0.6) is 0 Å². The van der Waals surface area contributed by atoms with Gasteiger partial charge < -0.3 is 20.7 Å². The molecule has 0 bridgehead atoms. The number of carbonyl (C=O) groups is 4. The van der Waals surface area contributed by atoms with Crippen molar-refractivity contribution in [3.63, 3.8) is 0 Å². The Labute approximate surface area is 245 Å². The minimum absolute atomic E-state index is 0.0666. The lowest BCUT2D eigenvalue weighted by Gasteiger charge is -2.30. The van der Waals surface area contributed by atoms with Gasteiger partial charge in [-0.05, 0) is 49.1 Å². The van der Waals surface area contributed by atoms with E-state index in [2.05, 4.69) is 16.0 Å². The average Bonchev–Trinajstić information content (AvgIpc) is 3.38. The summed E-state index contributed by atoms with van der Waals surface area (Å²) in [5.74, 6) is -1.26. The first kappa shape index (κ1) is 31.4. The van der Waals surface area contributed by atoms with Crippen LogP contribution in [0.1, 0.15) is 68.8 Å². The van der Waals surface area contributed by atoms with E-state index < -0.39 is 28.7 Å². The Morgan fingerprint density at radius 2 is 1.57 bits per heavy atom. The molecule has 1 aliphatic rings. The van der Waals surface area contributed by atoms with Crippen molar-refractivity contribution in [2.45, 2.75) is 65.3 Å². The highest BCUT2D eigenvalue weighted by Gasteiger charge is 2.42. The van der Waals surface area contributed by atoms with Crippen molar-refractivity contribution >= 4 is 52.6 Å². The van der Waals surface area contributed by atoms with Gasteiger partial charge in [-0.15, -0.1) is 0 Å². The first-order valence-corrected chi connectivity index (χ1v) is 14.1. The average molecular weight is 591 g/mol. The molecule has 0 heterocycles. The van der Waals surface area contributed by atoms with Gasteiger partial charge in [0.05, 0.1) is 28.1 Å². The maximum Gasteiger partial charge on any atom is 0.328 e. The Balaban J connectivity index is 1.66. The third-order valence-corrected chi connectivity index (χ3v) is 7.88. The number of amides is 3. The number of benzene rings is 2. The number of ether oxygens (including phenoxy) is 1. The first-order valence-electron chi connectivity index (χ1n) is 13.4.